The van der Waals surface area contributed by atoms with Gasteiger partial charge in [0.15, 0.2) is 0 Å². The summed E-state index contributed by atoms with van der Waals surface area (Å²) in [5, 5.41) is 0. The van der Waals surface area contributed by atoms with Crippen molar-refractivity contribution in [3.8, 4) is 5.75 Å². The van der Waals surface area contributed by atoms with Gasteiger partial charge in [-0.1, -0.05) is 12.1 Å². The van der Waals surface area contributed by atoms with Crippen LogP contribution in [0.25, 0.3) is 0 Å². The highest BCUT2D eigenvalue weighted by Crippen LogP contribution is 2.30. The fourth-order valence-corrected chi connectivity index (χ4v) is 2.95. The number of thiophene rings is 1. The smallest absolute Gasteiger partial charge is 0.119 e. The molecule has 0 spiro atoms. The average molecular weight is 247 g/mol. The number of nitrogens with two attached hydrogens (primary N) is 1. The van der Waals surface area contributed by atoms with Gasteiger partial charge in [0.25, 0.3) is 0 Å². The van der Waals surface area contributed by atoms with Gasteiger partial charge in [0.2, 0.25) is 0 Å². The Kier molecular flexibility index (Phi) is 3.50. The first-order chi connectivity index (χ1) is 8.11. The quantitative estimate of drug-likeness (QED) is 0.902. The van der Waals surface area contributed by atoms with Crippen LogP contribution in [0, 0.1) is 13.8 Å². The number of rotatable bonds is 3. The van der Waals surface area contributed by atoms with Crippen LogP contribution >= 0.6 is 11.3 Å². The summed E-state index contributed by atoms with van der Waals surface area (Å²) in [6.07, 6.45) is 0. The van der Waals surface area contributed by atoms with E-state index in [4.69, 9.17) is 10.5 Å². The second-order valence-electron chi connectivity index (χ2n) is 4.12. The number of methoxy groups -OCH3 is 1. The first kappa shape index (κ1) is 12.1. The molecule has 0 aliphatic carbocycles. The molecule has 1 heterocycles. The van der Waals surface area contributed by atoms with Crippen LogP contribution in [0.2, 0.25) is 0 Å². The molecule has 0 bridgehead atoms. The minimum atomic E-state index is -0.0740. The Hall–Kier alpha value is -1.32. The standard InChI is InChI=1S/C14H17NOS/c1-9-7-13(10(2)17-9)14(15)11-5-4-6-12(8-11)16-3/h4-8,14H,15H2,1-3H3. The zero-order valence-corrected chi connectivity index (χ0v) is 11.2. The summed E-state index contributed by atoms with van der Waals surface area (Å²) >= 11 is 1.79. The molecule has 3 heteroatoms. The van der Waals surface area contributed by atoms with Gasteiger partial charge >= 0.3 is 0 Å². The molecule has 2 aromatic rings. The molecule has 2 N–H and O–H groups in total. The van der Waals surface area contributed by atoms with Gasteiger partial charge < -0.3 is 10.5 Å². The maximum Gasteiger partial charge on any atom is 0.119 e. The Balaban J connectivity index is 2.36. The first-order valence-electron chi connectivity index (χ1n) is 5.58. The van der Waals surface area contributed by atoms with Gasteiger partial charge in [-0.05, 0) is 43.2 Å². The van der Waals surface area contributed by atoms with Crippen molar-refractivity contribution in [3.63, 3.8) is 0 Å². The van der Waals surface area contributed by atoms with Gasteiger partial charge in [-0.3, -0.25) is 0 Å². The zero-order valence-electron chi connectivity index (χ0n) is 10.4. The molecule has 0 aliphatic rings. The van der Waals surface area contributed by atoms with Crippen molar-refractivity contribution < 1.29 is 4.74 Å². The van der Waals surface area contributed by atoms with E-state index in [1.807, 2.05) is 24.3 Å². The molecule has 1 aromatic carbocycles. The minimum Gasteiger partial charge on any atom is -0.497 e. The van der Waals surface area contributed by atoms with Crippen molar-refractivity contribution >= 4 is 11.3 Å². The molecular formula is C14H17NOS. The van der Waals surface area contributed by atoms with E-state index in [0.29, 0.717) is 0 Å². The van der Waals surface area contributed by atoms with Crippen LogP contribution in [0.3, 0.4) is 0 Å². The van der Waals surface area contributed by atoms with Crippen molar-refractivity contribution in [2.45, 2.75) is 19.9 Å². The molecule has 90 valence electrons. The van der Waals surface area contributed by atoms with E-state index >= 15 is 0 Å². The van der Waals surface area contributed by atoms with Crippen molar-refractivity contribution in [3.05, 3.63) is 51.2 Å². The lowest BCUT2D eigenvalue weighted by Gasteiger charge is -2.13. The maximum atomic E-state index is 6.31. The van der Waals surface area contributed by atoms with E-state index in [1.165, 1.54) is 15.3 Å². The molecule has 1 aromatic heterocycles. The van der Waals surface area contributed by atoms with E-state index in [1.54, 1.807) is 18.4 Å². The highest BCUT2D eigenvalue weighted by Gasteiger charge is 2.14. The van der Waals surface area contributed by atoms with Crippen molar-refractivity contribution in [2.75, 3.05) is 7.11 Å². The second-order valence-corrected chi connectivity index (χ2v) is 5.58. The van der Waals surface area contributed by atoms with Crippen LogP contribution in [0.4, 0.5) is 0 Å². The fraction of sp³-hybridized carbons (Fsp3) is 0.286. The van der Waals surface area contributed by atoms with E-state index in [9.17, 15) is 0 Å². The number of hydrogen-bond donors (Lipinski definition) is 1. The summed E-state index contributed by atoms with van der Waals surface area (Å²) in [6, 6.07) is 10.0. The summed E-state index contributed by atoms with van der Waals surface area (Å²) in [5.74, 6) is 0.850. The van der Waals surface area contributed by atoms with Crippen LogP contribution in [0.1, 0.15) is 26.9 Å². The molecule has 2 rings (SSSR count). The second kappa shape index (κ2) is 4.90. The van der Waals surface area contributed by atoms with Crippen LogP contribution in [0.15, 0.2) is 30.3 Å². The molecule has 17 heavy (non-hydrogen) atoms. The third-order valence-electron chi connectivity index (χ3n) is 2.87. The summed E-state index contributed by atoms with van der Waals surface area (Å²) < 4.78 is 5.22. The highest BCUT2D eigenvalue weighted by molar-refractivity contribution is 7.12. The largest absolute Gasteiger partial charge is 0.497 e. The van der Waals surface area contributed by atoms with Crippen LogP contribution < -0.4 is 10.5 Å². The molecule has 0 saturated carbocycles. The monoisotopic (exact) mass is 247 g/mol. The summed E-state index contributed by atoms with van der Waals surface area (Å²) in [7, 11) is 1.67. The summed E-state index contributed by atoms with van der Waals surface area (Å²) in [5.41, 5.74) is 8.60. The molecule has 1 unspecified atom stereocenters. The van der Waals surface area contributed by atoms with E-state index in [2.05, 4.69) is 19.9 Å². The predicted octanol–water partition coefficient (Wildman–Crippen LogP) is 3.42. The average Bonchev–Trinajstić information content (AvgIpc) is 2.67. The number of hydrogen-bond acceptors (Lipinski definition) is 3. The maximum absolute atomic E-state index is 6.31. The first-order valence-corrected chi connectivity index (χ1v) is 6.40. The van der Waals surface area contributed by atoms with Crippen molar-refractivity contribution in [1.29, 1.82) is 0 Å². The van der Waals surface area contributed by atoms with Crippen LogP contribution in [-0.2, 0) is 0 Å². The van der Waals surface area contributed by atoms with Gasteiger partial charge in [-0.15, -0.1) is 11.3 Å². The van der Waals surface area contributed by atoms with Gasteiger partial charge in [0, 0.05) is 9.75 Å². The van der Waals surface area contributed by atoms with Gasteiger partial charge in [0.05, 0.1) is 13.2 Å². The molecule has 0 amide bonds. The Bertz CT molecular complexity index is 519. The molecule has 0 radical (unpaired) electrons. The Morgan fingerprint density at radius 3 is 2.59 bits per heavy atom. The molecule has 0 saturated heterocycles. The number of ether oxygens (including phenoxy) is 1. The fourth-order valence-electron chi connectivity index (χ4n) is 1.97. The van der Waals surface area contributed by atoms with Gasteiger partial charge in [0.1, 0.15) is 5.75 Å². The van der Waals surface area contributed by atoms with Gasteiger partial charge in [-0.2, -0.15) is 0 Å². The van der Waals surface area contributed by atoms with E-state index in [-0.39, 0.29) is 6.04 Å². The molecule has 0 fully saturated rings. The van der Waals surface area contributed by atoms with Crippen LogP contribution in [-0.4, -0.2) is 7.11 Å². The normalized spacial score (nSPS) is 12.5. The number of benzene rings is 1. The van der Waals surface area contributed by atoms with Crippen molar-refractivity contribution in [1.82, 2.24) is 0 Å². The van der Waals surface area contributed by atoms with Crippen LogP contribution in [0.5, 0.6) is 5.75 Å². The molecular weight excluding hydrogens is 230 g/mol. The Labute approximate surface area is 106 Å². The predicted molar refractivity (Wildman–Crippen MR) is 72.8 cm³/mol. The van der Waals surface area contributed by atoms with Gasteiger partial charge in [-0.25, -0.2) is 0 Å². The topological polar surface area (TPSA) is 35.2 Å². The zero-order chi connectivity index (χ0) is 12.4. The lowest BCUT2D eigenvalue weighted by atomic mass is 10.00. The SMILES string of the molecule is COc1cccc(C(N)c2cc(C)sc2C)c1. The Morgan fingerprint density at radius 1 is 1.24 bits per heavy atom. The lowest BCUT2D eigenvalue weighted by molar-refractivity contribution is 0.414. The van der Waals surface area contributed by atoms with Crippen molar-refractivity contribution in [2.24, 2.45) is 5.73 Å². The highest BCUT2D eigenvalue weighted by atomic mass is 32.1. The lowest BCUT2D eigenvalue weighted by Crippen LogP contribution is -2.11. The summed E-state index contributed by atoms with van der Waals surface area (Å²) in [4.78, 5) is 2.59. The summed E-state index contributed by atoms with van der Waals surface area (Å²) in [6.45, 7) is 4.23. The van der Waals surface area contributed by atoms with E-state index < -0.39 is 0 Å². The third-order valence-corrected chi connectivity index (χ3v) is 3.85. The third kappa shape index (κ3) is 2.51. The molecule has 1 atom stereocenters. The van der Waals surface area contributed by atoms with E-state index in [0.717, 1.165) is 11.3 Å². The molecule has 2 nitrogen and oxygen atoms in total. The Morgan fingerprint density at radius 2 is 2.00 bits per heavy atom. The minimum absolute atomic E-state index is 0.0740. The number of aryl methyl sites for hydroxylation is 2. The molecule has 0 aliphatic heterocycles.